The predicted octanol–water partition coefficient (Wildman–Crippen LogP) is 2.43. The van der Waals surface area contributed by atoms with Crippen molar-refractivity contribution >= 4 is 23.2 Å². The van der Waals surface area contributed by atoms with Crippen LogP contribution in [-0.4, -0.2) is 23.3 Å². The number of hydrogen-bond donors (Lipinski definition) is 0. The first-order chi connectivity index (χ1) is 10.2. The zero-order valence-corrected chi connectivity index (χ0v) is 12.2. The molecule has 3 heterocycles. The van der Waals surface area contributed by atoms with E-state index in [9.17, 15) is 9.59 Å². The van der Waals surface area contributed by atoms with Crippen LogP contribution in [0.15, 0.2) is 39.6 Å². The molecule has 0 saturated carbocycles. The summed E-state index contributed by atoms with van der Waals surface area (Å²) < 4.78 is 10.5. The average molecular weight is 305 g/mol. The number of hydrogen-bond acceptors (Lipinski definition) is 5. The monoisotopic (exact) mass is 305 g/mol. The highest BCUT2D eigenvalue weighted by atomic mass is 32.1. The fourth-order valence-corrected chi connectivity index (χ4v) is 2.97. The third-order valence-corrected chi connectivity index (χ3v) is 4.17. The van der Waals surface area contributed by atoms with Crippen LogP contribution in [-0.2, 0) is 27.5 Å². The number of amides is 1. The van der Waals surface area contributed by atoms with Gasteiger partial charge in [0.1, 0.15) is 12.4 Å². The van der Waals surface area contributed by atoms with Crippen LogP contribution in [0.2, 0.25) is 0 Å². The molecule has 0 aromatic carbocycles. The molecular formula is C15H15NO4S. The van der Waals surface area contributed by atoms with E-state index >= 15 is 0 Å². The SMILES string of the molecule is O=C(OCc1ccsc1)[C@@H]1CC(=O)N(Cc2ccco2)C1. The molecule has 110 valence electrons. The first-order valence-electron chi connectivity index (χ1n) is 6.70. The van der Waals surface area contributed by atoms with Gasteiger partial charge in [0.2, 0.25) is 5.91 Å². The van der Waals surface area contributed by atoms with Crippen molar-refractivity contribution < 1.29 is 18.7 Å². The van der Waals surface area contributed by atoms with Crippen LogP contribution in [0.4, 0.5) is 0 Å². The summed E-state index contributed by atoms with van der Waals surface area (Å²) in [6.45, 7) is 1.06. The quantitative estimate of drug-likeness (QED) is 0.796. The Morgan fingerprint density at radius 1 is 1.48 bits per heavy atom. The number of nitrogens with zero attached hydrogens (tertiary/aromatic N) is 1. The summed E-state index contributed by atoms with van der Waals surface area (Å²) in [6.07, 6.45) is 1.78. The summed E-state index contributed by atoms with van der Waals surface area (Å²) in [6, 6.07) is 5.51. The highest BCUT2D eigenvalue weighted by molar-refractivity contribution is 7.07. The second-order valence-corrected chi connectivity index (χ2v) is 5.77. The van der Waals surface area contributed by atoms with Crippen molar-refractivity contribution in [1.82, 2.24) is 4.90 Å². The zero-order chi connectivity index (χ0) is 14.7. The number of carbonyl (C=O) groups excluding carboxylic acids is 2. The van der Waals surface area contributed by atoms with Gasteiger partial charge >= 0.3 is 5.97 Å². The van der Waals surface area contributed by atoms with Crippen LogP contribution in [0.3, 0.4) is 0 Å². The van der Waals surface area contributed by atoms with Crippen molar-refractivity contribution in [3.63, 3.8) is 0 Å². The van der Waals surface area contributed by atoms with Gasteiger partial charge in [-0.05, 0) is 29.0 Å². The molecule has 0 spiro atoms. The van der Waals surface area contributed by atoms with Gasteiger partial charge in [0.05, 0.1) is 18.7 Å². The van der Waals surface area contributed by atoms with Crippen molar-refractivity contribution in [3.8, 4) is 0 Å². The fourth-order valence-electron chi connectivity index (χ4n) is 2.32. The van der Waals surface area contributed by atoms with Crippen LogP contribution < -0.4 is 0 Å². The van der Waals surface area contributed by atoms with E-state index in [1.807, 2.05) is 22.9 Å². The van der Waals surface area contributed by atoms with E-state index in [4.69, 9.17) is 9.15 Å². The number of furan rings is 1. The largest absolute Gasteiger partial charge is 0.467 e. The van der Waals surface area contributed by atoms with Gasteiger partial charge in [0, 0.05) is 18.5 Å². The fraction of sp³-hybridized carbons (Fsp3) is 0.333. The lowest BCUT2D eigenvalue weighted by atomic mass is 10.1. The molecular weight excluding hydrogens is 290 g/mol. The van der Waals surface area contributed by atoms with Crippen LogP contribution in [0.25, 0.3) is 0 Å². The number of esters is 1. The molecule has 0 N–H and O–H groups in total. The number of thiophene rings is 1. The molecule has 0 aliphatic carbocycles. The topological polar surface area (TPSA) is 59.8 Å². The van der Waals surface area contributed by atoms with Crippen LogP contribution in [0.1, 0.15) is 17.7 Å². The molecule has 0 unspecified atom stereocenters. The van der Waals surface area contributed by atoms with E-state index in [1.54, 1.807) is 28.6 Å². The maximum absolute atomic E-state index is 12.0. The van der Waals surface area contributed by atoms with Crippen molar-refractivity contribution in [2.45, 2.75) is 19.6 Å². The number of rotatable bonds is 5. The van der Waals surface area contributed by atoms with E-state index in [0.29, 0.717) is 13.1 Å². The smallest absolute Gasteiger partial charge is 0.311 e. The zero-order valence-electron chi connectivity index (χ0n) is 11.4. The summed E-state index contributed by atoms with van der Waals surface area (Å²) in [5, 5.41) is 3.88. The number of likely N-dealkylation sites (tertiary alicyclic amines) is 1. The molecule has 2 aromatic rings. The Morgan fingerprint density at radius 3 is 3.10 bits per heavy atom. The van der Waals surface area contributed by atoms with Crippen LogP contribution in [0, 0.1) is 5.92 Å². The summed E-state index contributed by atoms with van der Waals surface area (Å²) in [5.41, 5.74) is 0.977. The normalized spacial score (nSPS) is 18.2. The lowest BCUT2D eigenvalue weighted by Crippen LogP contribution is -2.26. The molecule has 0 bridgehead atoms. The van der Waals surface area contributed by atoms with Gasteiger partial charge in [-0.15, -0.1) is 0 Å². The summed E-state index contributed by atoms with van der Waals surface area (Å²) >= 11 is 1.56. The molecule has 1 aliphatic rings. The second-order valence-electron chi connectivity index (χ2n) is 4.99. The van der Waals surface area contributed by atoms with Gasteiger partial charge in [0.25, 0.3) is 0 Å². The highest BCUT2D eigenvalue weighted by Gasteiger charge is 2.35. The van der Waals surface area contributed by atoms with Gasteiger partial charge in [0.15, 0.2) is 0 Å². The third-order valence-electron chi connectivity index (χ3n) is 3.44. The molecule has 0 radical (unpaired) electrons. The standard InChI is InChI=1S/C15H15NO4S/c17-14-6-12(7-16(14)8-13-2-1-4-19-13)15(18)20-9-11-3-5-21-10-11/h1-5,10,12H,6-9H2/t12-/m1/s1. The minimum atomic E-state index is -0.383. The van der Waals surface area contributed by atoms with Gasteiger partial charge in [-0.25, -0.2) is 0 Å². The molecule has 6 heteroatoms. The first kappa shape index (κ1) is 13.9. The van der Waals surface area contributed by atoms with E-state index in [0.717, 1.165) is 11.3 Å². The van der Waals surface area contributed by atoms with Crippen molar-refractivity contribution in [2.75, 3.05) is 6.54 Å². The van der Waals surface area contributed by atoms with E-state index in [-0.39, 0.29) is 30.8 Å². The summed E-state index contributed by atoms with van der Waals surface area (Å²) in [7, 11) is 0. The van der Waals surface area contributed by atoms with Crippen LogP contribution >= 0.6 is 11.3 Å². The van der Waals surface area contributed by atoms with Gasteiger partial charge in [-0.3, -0.25) is 9.59 Å². The average Bonchev–Trinajstić information content (AvgIpc) is 3.20. The number of carbonyl (C=O) groups is 2. The molecule has 1 saturated heterocycles. The van der Waals surface area contributed by atoms with Crippen molar-refractivity contribution in [3.05, 3.63) is 46.5 Å². The summed E-state index contributed by atoms with van der Waals surface area (Å²) in [5.74, 6) is -0.0119. The van der Waals surface area contributed by atoms with E-state index in [2.05, 4.69) is 0 Å². The molecule has 21 heavy (non-hydrogen) atoms. The van der Waals surface area contributed by atoms with Crippen molar-refractivity contribution in [1.29, 1.82) is 0 Å². The molecule has 1 aliphatic heterocycles. The minimum absolute atomic E-state index is 0.0381. The van der Waals surface area contributed by atoms with E-state index in [1.165, 1.54) is 0 Å². The Bertz CT molecular complexity index is 606. The Kier molecular flexibility index (Phi) is 4.06. The predicted molar refractivity (Wildman–Crippen MR) is 76.3 cm³/mol. The Balaban J connectivity index is 1.52. The van der Waals surface area contributed by atoms with Gasteiger partial charge in [-0.1, -0.05) is 0 Å². The molecule has 2 aromatic heterocycles. The summed E-state index contributed by atoms with van der Waals surface area (Å²) in [4.78, 5) is 25.6. The third kappa shape index (κ3) is 3.33. The number of ether oxygens (including phenoxy) is 1. The molecule has 1 amide bonds. The Labute approximate surface area is 126 Å². The Morgan fingerprint density at radius 2 is 2.38 bits per heavy atom. The highest BCUT2D eigenvalue weighted by Crippen LogP contribution is 2.22. The lowest BCUT2D eigenvalue weighted by Gasteiger charge is -2.14. The van der Waals surface area contributed by atoms with Crippen LogP contribution in [0.5, 0.6) is 0 Å². The lowest BCUT2D eigenvalue weighted by molar-refractivity contribution is -0.149. The maximum Gasteiger partial charge on any atom is 0.311 e. The molecule has 1 fully saturated rings. The van der Waals surface area contributed by atoms with Crippen molar-refractivity contribution in [2.24, 2.45) is 5.92 Å². The molecule has 5 nitrogen and oxygen atoms in total. The Hall–Kier alpha value is -2.08. The molecule has 1 atom stereocenters. The van der Waals surface area contributed by atoms with Gasteiger partial charge < -0.3 is 14.1 Å². The molecule has 3 rings (SSSR count). The van der Waals surface area contributed by atoms with Gasteiger partial charge in [-0.2, -0.15) is 11.3 Å². The van der Waals surface area contributed by atoms with E-state index < -0.39 is 0 Å². The minimum Gasteiger partial charge on any atom is -0.467 e. The second kappa shape index (κ2) is 6.13. The maximum atomic E-state index is 12.0. The first-order valence-corrected chi connectivity index (χ1v) is 7.64.